The van der Waals surface area contributed by atoms with Gasteiger partial charge in [0.2, 0.25) is 0 Å². The lowest BCUT2D eigenvalue weighted by Gasteiger charge is -2.23. The van der Waals surface area contributed by atoms with E-state index < -0.39 is 0 Å². The van der Waals surface area contributed by atoms with Crippen molar-refractivity contribution in [1.82, 2.24) is 15.8 Å². The van der Waals surface area contributed by atoms with E-state index in [1.165, 1.54) is 6.07 Å². The van der Waals surface area contributed by atoms with Crippen LogP contribution in [0.15, 0.2) is 48.5 Å². The van der Waals surface area contributed by atoms with Gasteiger partial charge in [-0.05, 0) is 54.6 Å². The minimum Gasteiger partial charge on any atom is -0.357 e. The SMILES string of the molecule is Cc1ccc(NC(=S)NN(C)C(=S)NCc2ccccc2)cc1F. The minimum atomic E-state index is -0.281. The molecule has 0 heterocycles. The zero-order chi connectivity index (χ0) is 17.5. The number of hydrogen-bond acceptors (Lipinski definition) is 2. The van der Waals surface area contributed by atoms with Crippen LogP contribution in [-0.4, -0.2) is 22.3 Å². The third-order valence-corrected chi connectivity index (χ3v) is 3.90. The second-order valence-corrected chi connectivity index (χ2v) is 6.03. The number of aryl methyl sites for hydroxylation is 1. The normalized spacial score (nSPS) is 9.96. The summed E-state index contributed by atoms with van der Waals surface area (Å²) in [6, 6.07) is 14.8. The van der Waals surface area contributed by atoms with Crippen molar-refractivity contribution < 1.29 is 4.39 Å². The molecule has 0 amide bonds. The highest BCUT2D eigenvalue weighted by atomic mass is 32.1. The molecule has 2 rings (SSSR count). The number of hydrogen-bond donors (Lipinski definition) is 3. The molecular formula is C17H19FN4S2. The van der Waals surface area contributed by atoms with Gasteiger partial charge >= 0.3 is 0 Å². The van der Waals surface area contributed by atoms with Gasteiger partial charge in [-0.15, -0.1) is 0 Å². The molecule has 0 spiro atoms. The standard InChI is InChI=1S/C17H19FN4S2/c1-12-8-9-14(10-15(12)18)20-16(23)21-22(2)17(24)19-11-13-6-4-3-5-7-13/h3-10H,11H2,1-2H3,(H,19,24)(H2,20,21,23). The molecule has 0 aliphatic heterocycles. The van der Waals surface area contributed by atoms with Crippen LogP contribution in [0.2, 0.25) is 0 Å². The molecule has 0 bridgehead atoms. The van der Waals surface area contributed by atoms with Crippen LogP contribution in [-0.2, 0) is 6.54 Å². The van der Waals surface area contributed by atoms with Gasteiger partial charge in [0.1, 0.15) is 5.82 Å². The molecule has 0 saturated heterocycles. The van der Waals surface area contributed by atoms with Crippen LogP contribution in [0.25, 0.3) is 0 Å². The number of benzene rings is 2. The number of halogens is 1. The smallest absolute Gasteiger partial charge is 0.189 e. The van der Waals surface area contributed by atoms with Gasteiger partial charge < -0.3 is 10.6 Å². The fraction of sp³-hybridized carbons (Fsp3) is 0.176. The van der Waals surface area contributed by atoms with E-state index in [4.69, 9.17) is 24.4 Å². The van der Waals surface area contributed by atoms with Gasteiger partial charge in [-0.25, -0.2) is 4.39 Å². The molecule has 0 atom stereocenters. The van der Waals surface area contributed by atoms with Crippen molar-refractivity contribution in [3.05, 3.63) is 65.5 Å². The summed E-state index contributed by atoms with van der Waals surface area (Å²) in [5, 5.41) is 8.47. The molecule has 24 heavy (non-hydrogen) atoms. The van der Waals surface area contributed by atoms with E-state index in [9.17, 15) is 4.39 Å². The van der Waals surface area contributed by atoms with Crippen molar-refractivity contribution in [2.75, 3.05) is 12.4 Å². The fourth-order valence-electron chi connectivity index (χ4n) is 1.92. The Labute approximate surface area is 152 Å². The number of nitrogens with zero attached hydrogens (tertiary/aromatic N) is 1. The van der Waals surface area contributed by atoms with E-state index in [1.807, 2.05) is 30.3 Å². The van der Waals surface area contributed by atoms with Crippen molar-refractivity contribution >= 4 is 40.3 Å². The predicted octanol–water partition coefficient (Wildman–Crippen LogP) is 3.34. The van der Waals surface area contributed by atoms with Crippen LogP contribution in [0, 0.1) is 12.7 Å². The lowest BCUT2D eigenvalue weighted by Crippen LogP contribution is -2.49. The summed E-state index contributed by atoms with van der Waals surface area (Å²) in [5.74, 6) is -0.281. The summed E-state index contributed by atoms with van der Waals surface area (Å²) in [7, 11) is 1.75. The van der Waals surface area contributed by atoms with Crippen molar-refractivity contribution in [2.24, 2.45) is 0 Å². The quantitative estimate of drug-likeness (QED) is 0.575. The van der Waals surface area contributed by atoms with Crippen LogP contribution >= 0.6 is 24.4 Å². The summed E-state index contributed by atoms with van der Waals surface area (Å²) >= 11 is 10.5. The van der Waals surface area contributed by atoms with Gasteiger partial charge in [0.25, 0.3) is 0 Å². The van der Waals surface area contributed by atoms with Gasteiger partial charge in [-0.3, -0.25) is 10.4 Å². The molecule has 3 N–H and O–H groups in total. The largest absolute Gasteiger partial charge is 0.357 e. The highest BCUT2D eigenvalue weighted by molar-refractivity contribution is 7.80. The zero-order valence-corrected chi connectivity index (χ0v) is 15.1. The highest BCUT2D eigenvalue weighted by Gasteiger charge is 2.07. The molecule has 0 radical (unpaired) electrons. The van der Waals surface area contributed by atoms with Crippen LogP contribution in [0.1, 0.15) is 11.1 Å². The van der Waals surface area contributed by atoms with Crippen LogP contribution in [0.5, 0.6) is 0 Å². The second-order valence-electron chi connectivity index (χ2n) is 5.23. The molecule has 0 unspecified atom stereocenters. The zero-order valence-electron chi connectivity index (χ0n) is 13.5. The Kier molecular flexibility index (Phi) is 6.45. The molecule has 0 aliphatic rings. The summed E-state index contributed by atoms with van der Waals surface area (Å²) in [6.07, 6.45) is 0. The van der Waals surface area contributed by atoms with Gasteiger partial charge in [-0.1, -0.05) is 36.4 Å². The molecule has 0 aromatic heterocycles. The van der Waals surface area contributed by atoms with Gasteiger partial charge in [0.15, 0.2) is 10.2 Å². The average Bonchev–Trinajstić information content (AvgIpc) is 2.56. The van der Waals surface area contributed by atoms with E-state index in [-0.39, 0.29) is 5.82 Å². The topological polar surface area (TPSA) is 39.3 Å². The van der Waals surface area contributed by atoms with E-state index in [0.717, 1.165) is 5.56 Å². The molecule has 2 aromatic carbocycles. The maximum atomic E-state index is 13.5. The number of nitrogens with one attached hydrogen (secondary N) is 3. The van der Waals surface area contributed by atoms with Crippen molar-refractivity contribution in [2.45, 2.75) is 13.5 Å². The molecule has 7 heteroatoms. The number of anilines is 1. The summed E-state index contributed by atoms with van der Waals surface area (Å²) in [4.78, 5) is 0. The first-order chi connectivity index (χ1) is 11.5. The molecule has 0 fully saturated rings. The second kappa shape index (κ2) is 8.56. The van der Waals surface area contributed by atoms with Crippen LogP contribution in [0.4, 0.5) is 10.1 Å². The van der Waals surface area contributed by atoms with E-state index >= 15 is 0 Å². The van der Waals surface area contributed by atoms with Gasteiger partial charge in [0.05, 0.1) is 0 Å². The maximum Gasteiger partial charge on any atom is 0.189 e. The lowest BCUT2D eigenvalue weighted by molar-refractivity contribution is 0.450. The number of rotatable bonds is 3. The summed E-state index contributed by atoms with van der Waals surface area (Å²) < 4.78 is 13.5. The Bertz CT molecular complexity index is 722. The minimum absolute atomic E-state index is 0.281. The van der Waals surface area contributed by atoms with Gasteiger partial charge in [0, 0.05) is 19.3 Å². The monoisotopic (exact) mass is 362 g/mol. The third-order valence-electron chi connectivity index (χ3n) is 3.29. The molecule has 2 aromatic rings. The van der Waals surface area contributed by atoms with Crippen molar-refractivity contribution in [3.63, 3.8) is 0 Å². The summed E-state index contributed by atoms with van der Waals surface area (Å²) in [6.45, 7) is 2.33. The number of hydrazine groups is 1. The fourth-order valence-corrected chi connectivity index (χ4v) is 2.30. The molecule has 126 valence electrons. The first-order valence-electron chi connectivity index (χ1n) is 7.35. The summed E-state index contributed by atoms with van der Waals surface area (Å²) in [5.41, 5.74) is 5.22. The number of thiocarbonyl (C=S) groups is 2. The van der Waals surface area contributed by atoms with Crippen molar-refractivity contribution in [3.8, 4) is 0 Å². The maximum absolute atomic E-state index is 13.5. The molecule has 4 nitrogen and oxygen atoms in total. The Hall–Kier alpha value is -2.25. The van der Waals surface area contributed by atoms with Gasteiger partial charge in [-0.2, -0.15) is 0 Å². The van der Waals surface area contributed by atoms with E-state index in [1.54, 1.807) is 31.1 Å². The Morgan fingerprint density at radius 3 is 2.50 bits per heavy atom. The Morgan fingerprint density at radius 2 is 1.83 bits per heavy atom. The Morgan fingerprint density at radius 1 is 1.12 bits per heavy atom. The van der Waals surface area contributed by atoms with Crippen LogP contribution in [0.3, 0.4) is 0 Å². The molecular weight excluding hydrogens is 343 g/mol. The first kappa shape index (κ1) is 18.1. The molecule has 0 aliphatic carbocycles. The predicted molar refractivity (Wildman–Crippen MR) is 104 cm³/mol. The van der Waals surface area contributed by atoms with E-state index in [2.05, 4.69) is 16.1 Å². The van der Waals surface area contributed by atoms with E-state index in [0.29, 0.717) is 28.0 Å². The molecule has 0 saturated carbocycles. The van der Waals surface area contributed by atoms with Crippen molar-refractivity contribution in [1.29, 1.82) is 0 Å². The lowest BCUT2D eigenvalue weighted by atomic mass is 10.2. The Balaban J connectivity index is 1.81. The first-order valence-corrected chi connectivity index (χ1v) is 8.16. The highest BCUT2D eigenvalue weighted by Crippen LogP contribution is 2.13. The average molecular weight is 362 g/mol. The van der Waals surface area contributed by atoms with Crippen LogP contribution < -0.4 is 16.1 Å². The third kappa shape index (κ3) is 5.43.